The van der Waals surface area contributed by atoms with Crippen LogP contribution in [-0.2, 0) is 35.1 Å². The number of nitrogens with one attached hydrogen (secondary N) is 2. The van der Waals surface area contributed by atoms with E-state index >= 15 is 0 Å². The molecule has 3 saturated carbocycles. The number of benzene rings is 1. The lowest BCUT2D eigenvalue weighted by Gasteiger charge is -2.58. The van der Waals surface area contributed by atoms with Crippen LogP contribution in [-0.4, -0.2) is 70.0 Å². The molecular formula is C39H54N2O9. The Labute approximate surface area is 294 Å². The van der Waals surface area contributed by atoms with Gasteiger partial charge in [-0.2, -0.15) is 0 Å². The quantitative estimate of drug-likeness (QED) is 0.0998. The number of hydrogen-bond acceptors (Lipinski definition) is 9. The van der Waals surface area contributed by atoms with Crippen LogP contribution in [0.3, 0.4) is 0 Å². The van der Waals surface area contributed by atoms with Crippen LogP contribution in [0, 0.1) is 28.6 Å². The number of phenolic OH excluding ortho intramolecular Hbond substituents is 2. The van der Waals surface area contributed by atoms with Crippen molar-refractivity contribution >= 4 is 29.4 Å². The lowest BCUT2D eigenvalue weighted by atomic mass is 9.46. The van der Waals surface area contributed by atoms with Crippen molar-refractivity contribution < 1.29 is 44.0 Å². The Morgan fingerprint density at radius 1 is 0.840 bits per heavy atom. The molecule has 50 heavy (non-hydrogen) atoms. The number of esters is 1. The molecule has 0 bridgehead atoms. The summed E-state index contributed by atoms with van der Waals surface area (Å²) in [5.41, 5.74) is -0.0574. The fourth-order valence-corrected chi connectivity index (χ4v) is 9.65. The maximum absolute atomic E-state index is 13.5. The molecule has 3 fully saturated rings. The molecule has 0 aliphatic heterocycles. The second kappa shape index (κ2) is 15.7. The Kier molecular flexibility index (Phi) is 11.8. The summed E-state index contributed by atoms with van der Waals surface area (Å²) in [5.74, 6) is -0.619. The van der Waals surface area contributed by atoms with Crippen molar-refractivity contribution in [2.75, 3.05) is 19.7 Å². The van der Waals surface area contributed by atoms with Gasteiger partial charge in [0.25, 0.3) is 0 Å². The minimum absolute atomic E-state index is 0.00784. The summed E-state index contributed by atoms with van der Waals surface area (Å²) in [6, 6.07) is 4.56. The number of rotatable bonds is 15. The van der Waals surface area contributed by atoms with E-state index in [1.807, 2.05) is 13.0 Å². The Balaban J connectivity index is 0.951. The number of amides is 2. The molecular weight excluding hydrogens is 640 g/mol. The van der Waals surface area contributed by atoms with Gasteiger partial charge in [0.2, 0.25) is 17.6 Å². The largest absolute Gasteiger partial charge is 0.504 e. The molecule has 11 nitrogen and oxygen atoms in total. The molecule has 5 rings (SSSR count). The van der Waals surface area contributed by atoms with E-state index in [2.05, 4.69) is 17.6 Å². The fourth-order valence-electron chi connectivity index (χ4n) is 9.65. The Morgan fingerprint density at radius 2 is 1.58 bits per heavy atom. The number of carbonyl (C=O) groups excluding carboxylic acids is 5. The van der Waals surface area contributed by atoms with E-state index in [-0.39, 0.29) is 53.3 Å². The minimum atomic E-state index is -1.56. The van der Waals surface area contributed by atoms with Crippen molar-refractivity contribution in [1.29, 1.82) is 0 Å². The molecule has 0 radical (unpaired) electrons. The van der Waals surface area contributed by atoms with Crippen molar-refractivity contribution in [3.05, 3.63) is 35.4 Å². The van der Waals surface area contributed by atoms with Gasteiger partial charge in [-0.25, -0.2) is 0 Å². The van der Waals surface area contributed by atoms with Gasteiger partial charge < -0.3 is 30.7 Å². The standard InChI is InChI=1S/C39H54N2O9/c1-37-17-13-27(42)23-26(37)8-9-28-29(37)14-18-38(2)30(28)15-19-39(38,49)33(45)24-50-36(48)12-11-35(47)40-20-5-3-4-6-34(46)41-21-16-25-7-10-31(43)32(44)22-25/h7,10,22-23,28-30,43-44,49H,3-6,8-9,11-21,24H2,1-2H3,(H,40,47)(H,41,46)/t28-,29-,30+,37+,38+,39+/m1/s1. The molecule has 0 unspecified atom stereocenters. The molecule has 1 aromatic rings. The summed E-state index contributed by atoms with van der Waals surface area (Å²) in [4.78, 5) is 62.4. The van der Waals surface area contributed by atoms with Crippen LogP contribution in [0.5, 0.6) is 11.5 Å². The number of aromatic hydroxyl groups is 2. The predicted octanol–water partition coefficient (Wildman–Crippen LogP) is 4.59. The molecule has 4 aliphatic carbocycles. The highest BCUT2D eigenvalue weighted by Crippen LogP contribution is 2.67. The molecule has 2 amide bonds. The number of Topliss-reactive ketones (excluding diaryl/α,β-unsaturated/α-hetero) is 1. The highest BCUT2D eigenvalue weighted by Gasteiger charge is 2.66. The second-order valence-electron chi connectivity index (χ2n) is 15.5. The number of hydrogen-bond donors (Lipinski definition) is 5. The summed E-state index contributed by atoms with van der Waals surface area (Å²) in [6.07, 6.45) is 10.7. The first-order valence-electron chi connectivity index (χ1n) is 18.5. The van der Waals surface area contributed by atoms with E-state index in [9.17, 15) is 39.3 Å². The van der Waals surface area contributed by atoms with E-state index < -0.39 is 29.4 Å². The lowest BCUT2D eigenvalue weighted by molar-refractivity contribution is -0.170. The molecule has 0 heterocycles. The number of ketones is 2. The summed E-state index contributed by atoms with van der Waals surface area (Å²) in [6.45, 7) is 4.67. The fraction of sp³-hybridized carbons (Fsp3) is 0.667. The van der Waals surface area contributed by atoms with Crippen LogP contribution in [0.2, 0.25) is 0 Å². The Morgan fingerprint density at radius 3 is 2.36 bits per heavy atom. The van der Waals surface area contributed by atoms with Gasteiger partial charge in [-0.1, -0.05) is 31.9 Å². The summed E-state index contributed by atoms with van der Waals surface area (Å²) >= 11 is 0. The van der Waals surface area contributed by atoms with E-state index in [1.165, 1.54) is 17.7 Å². The van der Waals surface area contributed by atoms with E-state index in [1.54, 1.807) is 6.07 Å². The molecule has 6 atom stereocenters. The summed E-state index contributed by atoms with van der Waals surface area (Å²) < 4.78 is 5.28. The third-order valence-electron chi connectivity index (χ3n) is 12.7. The first-order valence-corrected chi connectivity index (χ1v) is 18.5. The van der Waals surface area contributed by atoms with Crippen LogP contribution >= 0.6 is 0 Å². The van der Waals surface area contributed by atoms with Gasteiger partial charge in [-0.3, -0.25) is 24.0 Å². The maximum Gasteiger partial charge on any atom is 0.306 e. The molecule has 4 aliphatic rings. The number of fused-ring (bicyclic) bond motifs is 5. The van der Waals surface area contributed by atoms with E-state index in [0.717, 1.165) is 44.1 Å². The second-order valence-corrected chi connectivity index (χ2v) is 15.5. The number of phenols is 2. The molecule has 11 heteroatoms. The van der Waals surface area contributed by atoms with Crippen LogP contribution in [0.15, 0.2) is 29.8 Å². The van der Waals surface area contributed by atoms with Gasteiger partial charge in [-0.15, -0.1) is 0 Å². The smallest absolute Gasteiger partial charge is 0.306 e. The Bertz CT molecular complexity index is 1510. The third kappa shape index (κ3) is 7.92. The van der Waals surface area contributed by atoms with Crippen molar-refractivity contribution in [3.63, 3.8) is 0 Å². The zero-order valence-corrected chi connectivity index (χ0v) is 29.6. The number of ether oxygens (including phenoxy) is 1. The summed E-state index contributed by atoms with van der Waals surface area (Å²) in [7, 11) is 0. The van der Waals surface area contributed by atoms with Crippen molar-refractivity contribution in [2.24, 2.45) is 28.6 Å². The molecule has 0 saturated heterocycles. The highest BCUT2D eigenvalue weighted by atomic mass is 16.5. The van der Waals surface area contributed by atoms with Gasteiger partial charge in [0, 0.05) is 37.8 Å². The normalized spacial score (nSPS) is 29.9. The van der Waals surface area contributed by atoms with Crippen LogP contribution in [0.1, 0.15) is 109 Å². The van der Waals surface area contributed by atoms with Crippen molar-refractivity contribution in [1.82, 2.24) is 10.6 Å². The van der Waals surface area contributed by atoms with Crippen LogP contribution < -0.4 is 10.6 Å². The topological polar surface area (TPSA) is 179 Å². The number of carbonyl (C=O) groups is 5. The monoisotopic (exact) mass is 694 g/mol. The number of allylic oxidation sites excluding steroid dienone is 1. The maximum atomic E-state index is 13.5. The highest BCUT2D eigenvalue weighted by molar-refractivity contribution is 5.92. The zero-order valence-electron chi connectivity index (χ0n) is 29.6. The molecule has 0 aromatic heterocycles. The molecule has 1 aromatic carbocycles. The number of unbranched alkanes of at least 4 members (excludes halogenated alkanes) is 2. The van der Waals surface area contributed by atoms with Crippen molar-refractivity contribution in [2.45, 2.75) is 116 Å². The van der Waals surface area contributed by atoms with E-state index in [0.29, 0.717) is 69.9 Å². The molecule has 274 valence electrons. The first-order chi connectivity index (χ1) is 23.8. The molecule has 0 spiro atoms. The van der Waals surface area contributed by atoms with Gasteiger partial charge in [0.15, 0.2) is 23.9 Å². The van der Waals surface area contributed by atoms with Gasteiger partial charge in [-0.05, 0) is 111 Å². The van der Waals surface area contributed by atoms with Gasteiger partial charge in [0.1, 0.15) is 5.60 Å². The Hall–Kier alpha value is -3.73. The van der Waals surface area contributed by atoms with Crippen LogP contribution in [0.4, 0.5) is 0 Å². The first kappa shape index (κ1) is 37.5. The third-order valence-corrected chi connectivity index (χ3v) is 12.7. The van der Waals surface area contributed by atoms with E-state index in [4.69, 9.17) is 4.74 Å². The average molecular weight is 695 g/mol. The lowest BCUT2D eigenvalue weighted by Crippen LogP contribution is -2.58. The SMILES string of the molecule is C[C@]12CCC(=O)C=C1CC[C@@H]1[C@H]2CC[C@@]2(C)[C@H]1CC[C@]2(O)C(=O)COC(=O)CCC(=O)NCCCCCC(=O)NCCc1ccc(O)c(O)c1. The van der Waals surface area contributed by atoms with Crippen molar-refractivity contribution in [3.8, 4) is 11.5 Å². The predicted molar refractivity (Wildman–Crippen MR) is 185 cm³/mol. The van der Waals surface area contributed by atoms with Gasteiger partial charge >= 0.3 is 5.97 Å². The minimum Gasteiger partial charge on any atom is -0.504 e. The summed E-state index contributed by atoms with van der Waals surface area (Å²) in [5, 5.41) is 36.4. The average Bonchev–Trinajstić information content (AvgIpc) is 3.37. The molecule has 5 N–H and O–H groups in total. The van der Waals surface area contributed by atoms with Crippen LogP contribution in [0.25, 0.3) is 0 Å². The van der Waals surface area contributed by atoms with Gasteiger partial charge in [0.05, 0.1) is 6.42 Å². The zero-order chi connectivity index (χ0) is 36.1. The number of aliphatic hydroxyl groups is 1.